The molecule has 7 heteroatoms. The van der Waals surface area contributed by atoms with Crippen LogP contribution in [0.25, 0.3) is 0 Å². The number of carbonyl (C=O) groups excluding carboxylic acids is 1. The van der Waals surface area contributed by atoms with Crippen LogP contribution in [-0.2, 0) is 4.79 Å². The molecule has 1 aliphatic heterocycles. The lowest BCUT2D eigenvalue weighted by atomic mass is 10.1. The number of carbonyl (C=O) groups is 2. The van der Waals surface area contributed by atoms with Gasteiger partial charge in [0.05, 0.1) is 12.8 Å². The predicted octanol–water partition coefficient (Wildman–Crippen LogP) is 2.20. The minimum absolute atomic E-state index is 0.108. The molecule has 0 spiro atoms. The van der Waals surface area contributed by atoms with Crippen molar-refractivity contribution in [2.75, 3.05) is 18.6 Å². The number of ether oxygens (including phenoxy) is 1. The quantitative estimate of drug-likeness (QED) is 0.622. The Kier molecular flexibility index (Phi) is 4.98. The van der Waals surface area contributed by atoms with Gasteiger partial charge in [0.25, 0.3) is 5.91 Å². The zero-order valence-corrected chi connectivity index (χ0v) is 12.6. The van der Waals surface area contributed by atoms with Gasteiger partial charge in [-0.3, -0.25) is 4.79 Å². The lowest BCUT2D eigenvalue weighted by Gasteiger charge is -2.17. The third-order valence-corrected chi connectivity index (χ3v) is 3.45. The number of benzene rings is 1. The fraction of sp³-hybridized carbons (Fsp3) is 0.400. The Bertz CT molecular complexity index is 613. The molecule has 0 saturated carbocycles. The fourth-order valence-corrected chi connectivity index (χ4v) is 2.37. The summed E-state index contributed by atoms with van der Waals surface area (Å²) in [6.07, 6.45) is 1.63. The minimum Gasteiger partial charge on any atom is -0.497 e. The van der Waals surface area contributed by atoms with Crippen molar-refractivity contribution >= 4 is 23.4 Å². The van der Waals surface area contributed by atoms with E-state index in [1.807, 2.05) is 5.43 Å². The van der Waals surface area contributed by atoms with Crippen LogP contribution in [-0.4, -0.2) is 36.5 Å². The molecule has 22 heavy (non-hydrogen) atoms. The van der Waals surface area contributed by atoms with Crippen molar-refractivity contribution in [3.05, 3.63) is 23.8 Å². The molecule has 2 N–H and O–H groups in total. The van der Waals surface area contributed by atoms with Crippen molar-refractivity contribution in [1.29, 1.82) is 0 Å². The first-order chi connectivity index (χ1) is 10.6. The number of fused-ring (bicyclic) bond motifs is 1. The summed E-state index contributed by atoms with van der Waals surface area (Å²) in [6.45, 7) is 2.66. The van der Waals surface area contributed by atoms with E-state index < -0.39 is 6.09 Å². The lowest BCUT2D eigenvalue weighted by Crippen LogP contribution is -2.32. The van der Waals surface area contributed by atoms with Crippen LogP contribution in [0.4, 0.5) is 10.5 Å². The number of methoxy groups -OCH3 is 1. The molecule has 0 atom stereocenters. The maximum Gasteiger partial charge on any atom is 0.425 e. The van der Waals surface area contributed by atoms with Crippen LogP contribution in [0, 0.1) is 0 Å². The van der Waals surface area contributed by atoms with Crippen LogP contribution in [0.5, 0.6) is 5.75 Å². The standard InChI is InChI=1S/C15H19N3O4/c1-3-4-5-8-18-12-9-10(22-2)6-7-11(12)13(14(18)19)16-17-15(20)21/h6-7,9,17H,3-5,8H2,1-2H3,(H,20,21). The van der Waals surface area contributed by atoms with Crippen LogP contribution in [0.3, 0.4) is 0 Å². The number of amides is 2. The summed E-state index contributed by atoms with van der Waals surface area (Å²) in [7, 11) is 1.56. The van der Waals surface area contributed by atoms with Gasteiger partial charge in [-0.2, -0.15) is 5.10 Å². The highest BCUT2D eigenvalue weighted by molar-refractivity contribution is 6.54. The molecule has 7 nitrogen and oxygen atoms in total. The summed E-state index contributed by atoms with van der Waals surface area (Å²) in [6, 6.07) is 5.20. The van der Waals surface area contributed by atoms with E-state index in [0.29, 0.717) is 23.5 Å². The lowest BCUT2D eigenvalue weighted by molar-refractivity contribution is -0.112. The molecule has 1 aliphatic rings. The first-order valence-corrected chi connectivity index (χ1v) is 7.15. The second kappa shape index (κ2) is 6.93. The summed E-state index contributed by atoms with van der Waals surface area (Å²) >= 11 is 0. The summed E-state index contributed by atoms with van der Waals surface area (Å²) < 4.78 is 5.19. The monoisotopic (exact) mass is 305 g/mol. The van der Waals surface area contributed by atoms with Crippen LogP contribution in [0.1, 0.15) is 31.7 Å². The van der Waals surface area contributed by atoms with E-state index in [1.165, 1.54) is 0 Å². The molecular weight excluding hydrogens is 286 g/mol. The van der Waals surface area contributed by atoms with Gasteiger partial charge in [0.1, 0.15) is 5.75 Å². The van der Waals surface area contributed by atoms with Crippen molar-refractivity contribution in [3.63, 3.8) is 0 Å². The molecule has 0 bridgehead atoms. The molecule has 2 rings (SSSR count). The molecule has 118 valence electrons. The zero-order chi connectivity index (χ0) is 16.1. The van der Waals surface area contributed by atoms with Gasteiger partial charge in [-0.1, -0.05) is 19.8 Å². The highest BCUT2D eigenvalue weighted by Gasteiger charge is 2.34. The zero-order valence-electron chi connectivity index (χ0n) is 12.6. The maximum atomic E-state index is 12.5. The molecular formula is C15H19N3O4. The van der Waals surface area contributed by atoms with Crippen molar-refractivity contribution in [3.8, 4) is 5.75 Å². The minimum atomic E-state index is -1.31. The molecule has 1 aromatic carbocycles. The average Bonchev–Trinajstić information content (AvgIpc) is 2.77. The Morgan fingerprint density at radius 3 is 2.82 bits per heavy atom. The number of carboxylic acid groups (broad SMARTS) is 1. The number of hydrogen-bond donors (Lipinski definition) is 2. The smallest absolute Gasteiger partial charge is 0.425 e. The summed E-state index contributed by atoms with van der Waals surface area (Å²) in [5, 5.41) is 12.4. The second-order valence-corrected chi connectivity index (χ2v) is 4.92. The maximum absolute atomic E-state index is 12.5. The van der Waals surface area contributed by atoms with Gasteiger partial charge in [-0.15, -0.1) is 0 Å². The summed E-state index contributed by atoms with van der Waals surface area (Å²) in [5.41, 5.74) is 3.32. The number of unbranched alkanes of at least 4 members (excludes halogenated alkanes) is 2. The Balaban J connectivity index is 2.35. The first-order valence-electron chi connectivity index (χ1n) is 7.15. The van der Waals surface area contributed by atoms with Gasteiger partial charge in [-0.25, -0.2) is 10.2 Å². The van der Waals surface area contributed by atoms with E-state index in [4.69, 9.17) is 9.84 Å². The first kappa shape index (κ1) is 15.8. The Morgan fingerprint density at radius 2 is 2.18 bits per heavy atom. The summed E-state index contributed by atoms with van der Waals surface area (Å²) in [4.78, 5) is 24.7. The van der Waals surface area contributed by atoms with Gasteiger partial charge in [0, 0.05) is 18.2 Å². The van der Waals surface area contributed by atoms with Crippen LogP contribution < -0.4 is 15.1 Å². The van der Waals surface area contributed by atoms with Gasteiger partial charge in [-0.05, 0) is 18.6 Å². The molecule has 1 heterocycles. The Labute approximate surface area is 128 Å². The third kappa shape index (κ3) is 3.19. The number of nitrogens with zero attached hydrogens (tertiary/aromatic N) is 2. The van der Waals surface area contributed by atoms with E-state index in [0.717, 1.165) is 19.3 Å². The van der Waals surface area contributed by atoms with E-state index in [2.05, 4.69) is 12.0 Å². The van der Waals surface area contributed by atoms with Crippen molar-refractivity contribution in [1.82, 2.24) is 5.43 Å². The molecule has 1 aromatic rings. The van der Waals surface area contributed by atoms with Gasteiger partial charge < -0.3 is 14.7 Å². The van der Waals surface area contributed by atoms with E-state index in [9.17, 15) is 9.59 Å². The predicted molar refractivity (Wildman–Crippen MR) is 82.6 cm³/mol. The SMILES string of the molecule is CCCCCN1C(=O)C(=NNC(=O)O)c2ccc(OC)cc21. The van der Waals surface area contributed by atoms with Crippen LogP contribution in [0.15, 0.2) is 23.3 Å². The number of rotatable bonds is 6. The average molecular weight is 305 g/mol. The molecule has 0 fully saturated rings. The van der Waals surface area contributed by atoms with E-state index in [-0.39, 0.29) is 11.6 Å². The van der Waals surface area contributed by atoms with Crippen LogP contribution in [0.2, 0.25) is 0 Å². The molecule has 2 amide bonds. The number of hydrogen-bond acceptors (Lipinski definition) is 4. The van der Waals surface area contributed by atoms with Gasteiger partial charge in [0.15, 0.2) is 5.71 Å². The van der Waals surface area contributed by atoms with Crippen LogP contribution >= 0.6 is 0 Å². The fourth-order valence-electron chi connectivity index (χ4n) is 2.37. The van der Waals surface area contributed by atoms with Crippen molar-refractivity contribution in [2.45, 2.75) is 26.2 Å². The third-order valence-electron chi connectivity index (χ3n) is 3.45. The highest BCUT2D eigenvalue weighted by Crippen LogP contribution is 2.33. The van der Waals surface area contributed by atoms with E-state index >= 15 is 0 Å². The molecule has 0 saturated heterocycles. The number of anilines is 1. The molecule has 0 aliphatic carbocycles. The number of hydrazone groups is 1. The Hall–Kier alpha value is -2.57. The number of nitrogens with one attached hydrogen (secondary N) is 1. The summed E-state index contributed by atoms with van der Waals surface area (Å²) in [5.74, 6) is 0.340. The second-order valence-electron chi connectivity index (χ2n) is 4.92. The van der Waals surface area contributed by atoms with Crippen molar-refractivity contribution in [2.24, 2.45) is 5.10 Å². The van der Waals surface area contributed by atoms with Gasteiger partial charge >= 0.3 is 6.09 Å². The molecule has 0 unspecified atom stereocenters. The van der Waals surface area contributed by atoms with Gasteiger partial charge in [0.2, 0.25) is 0 Å². The Morgan fingerprint density at radius 1 is 1.41 bits per heavy atom. The molecule has 0 radical (unpaired) electrons. The van der Waals surface area contributed by atoms with E-state index in [1.54, 1.807) is 30.2 Å². The van der Waals surface area contributed by atoms with Crippen molar-refractivity contribution < 1.29 is 19.4 Å². The normalized spacial score (nSPS) is 15.1. The highest BCUT2D eigenvalue weighted by atomic mass is 16.5. The molecule has 0 aromatic heterocycles. The topological polar surface area (TPSA) is 91.2 Å². The largest absolute Gasteiger partial charge is 0.497 e.